The molecule has 0 radical (unpaired) electrons. The lowest BCUT2D eigenvalue weighted by Gasteiger charge is -2.28. The van der Waals surface area contributed by atoms with Crippen molar-refractivity contribution in [2.24, 2.45) is 0 Å². The summed E-state index contributed by atoms with van der Waals surface area (Å²) in [5, 5.41) is 35.7. The predicted octanol–water partition coefficient (Wildman–Crippen LogP) is -2.23. The van der Waals surface area contributed by atoms with Crippen LogP contribution in [0.1, 0.15) is 6.92 Å². The molecule has 1 aliphatic heterocycles. The topological polar surface area (TPSA) is 90.2 Å². The number of hydrogen-bond acceptors (Lipinski definition) is 5. The molecule has 1 rings (SSSR count). The first-order valence-electron chi connectivity index (χ1n) is 2.87. The van der Waals surface area contributed by atoms with E-state index in [1.165, 1.54) is 0 Å². The van der Waals surface area contributed by atoms with Gasteiger partial charge in [0.25, 0.3) is 0 Å². The zero-order valence-electron chi connectivity index (χ0n) is 5.48. The minimum Gasteiger partial charge on any atom is -0.385 e. The Morgan fingerprint density at radius 2 is 1.90 bits per heavy atom. The standard InChI is InChI=1S/C5H10O5/c1-4(7)5(8,9)3(6)2-10-4/h3,6-9H,2H2,1H3/t3-,4+/m1/s1. The number of ether oxygens (including phenoxy) is 1. The third-order valence-corrected chi connectivity index (χ3v) is 1.67. The molecule has 0 aromatic rings. The van der Waals surface area contributed by atoms with Gasteiger partial charge >= 0.3 is 0 Å². The Labute approximate surface area is 57.5 Å². The maximum absolute atomic E-state index is 9.01. The van der Waals surface area contributed by atoms with Crippen molar-refractivity contribution in [1.82, 2.24) is 0 Å². The molecule has 10 heavy (non-hydrogen) atoms. The number of hydrogen-bond donors (Lipinski definition) is 4. The second-order valence-corrected chi connectivity index (χ2v) is 2.54. The molecule has 0 aliphatic carbocycles. The van der Waals surface area contributed by atoms with Crippen LogP contribution in [0.15, 0.2) is 0 Å². The Morgan fingerprint density at radius 3 is 2.00 bits per heavy atom. The minimum atomic E-state index is -2.56. The lowest BCUT2D eigenvalue weighted by atomic mass is 10.1. The van der Waals surface area contributed by atoms with Crippen LogP contribution in [0.5, 0.6) is 0 Å². The van der Waals surface area contributed by atoms with E-state index in [0.717, 1.165) is 6.92 Å². The number of aliphatic hydroxyl groups is 4. The lowest BCUT2D eigenvalue weighted by Crippen LogP contribution is -2.54. The second-order valence-electron chi connectivity index (χ2n) is 2.54. The average Bonchev–Trinajstić information content (AvgIpc) is 1.94. The van der Waals surface area contributed by atoms with Gasteiger partial charge in [-0.3, -0.25) is 0 Å². The minimum absolute atomic E-state index is 0.278. The third-order valence-electron chi connectivity index (χ3n) is 1.67. The van der Waals surface area contributed by atoms with Crippen LogP contribution in [-0.2, 0) is 4.74 Å². The highest BCUT2D eigenvalue weighted by Gasteiger charge is 2.57. The van der Waals surface area contributed by atoms with Gasteiger partial charge in [-0.25, -0.2) is 0 Å². The Balaban J connectivity index is 2.84. The summed E-state index contributed by atoms with van der Waals surface area (Å²) < 4.78 is 4.47. The van der Waals surface area contributed by atoms with Crippen LogP contribution in [0.2, 0.25) is 0 Å². The monoisotopic (exact) mass is 150 g/mol. The third kappa shape index (κ3) is 0.834. The van der Waals surface area contributed by atoms with Crippen LogP contribution in [-0.4, -0.2) is 44.7 Å². The molecule has 5 heteroatoms. The molecule has 0 aromatic carbocycles. The van der Waals surface area contributed by atoms with Gasteiger partial charge in [0.2, 0.25) is 11.6 Å². The zero-order chi connectivity index (χ0) is 7.99. The Hall–Kier alpha value is -0.200. The second kappa shape index (κ2) is 1.90. The first-order valence-corrected chi connectivity index (χ1v) is 2.87. The summed E-state index contributed by atoms with van der Waals surface area (Å²) in [7, 11) is 0. The molecule has 0 amide bonds. The highest BCUT2D eigenvalue weighted by molar-refractivity contribution is 4.92. The van der Waals surface area contributed by atoms with Crippen molar-refractivity contribution in [1.29, 1.82) is 0 Å². The van der Waals surface area contributed by atoms with Crippen molar-refractivity contribution >= 4 is 0 Å². The molecular formula is C5H10O5. The Kier molecular flexibility index (Phi) is 1.50. The molecule has 1 aliphatic rings. The molecule has 0 bridgehead atoms. The van der Waals surface area contributed by atoms with Crippen LogP contribution in [0, 0.1) is 0 Å². The van der Waals surface area contributed by atoms with Crippen molar-refractivity contribution in [3.8, 4) is 0 Å². The SMILES string of the molecule is C[C@]1(O)OC[C@@H](O)C1(O)O. The highest BCUT2D eigenvalue weighted by Crippen LogP contribution is 2.31. The molecule has 1 fully saturated rings. The van der Waals surface area contributed by atoms with Crippen LogP contribution >= 0.6 is 0 Å². The van der Waals surface area contributed by atoms with Gasteiger partial charge in [-0.2, -0.15) is 0 Å². The summed E-state index contributed by atoms with van der Waals surface area (Å²) >= 11 is 0. The molecule has 0 spiro atoms. The van der Waals surface area contributed by atoms with Gasteiger partial charge in [-0.15, -0.1) is 0 Å². The van der Waals surface area contributed by atoms with E-state index in [1.54, 1.807) is 0 Å². The van der Waals surface area contributed by atoms with E-state index in [1.807, 2.05) is 0 Å². The van der Waals surface area contributed by atoms with E-state index in [2.05, 4.69) is 4.74 Å². The first kappa shape index (κ1) is 7.90. The lowest BCUT2D eigenvalue weighted by molar-refractivity contribution is -0.335. The maximum Gasteiger partial charge on any atom is 0.247 e. The van der Waals surface area contributed by atoms with E-state index in [4.69, 9.17) is 20.4 Å². The molecule has 0 aromatic heterocycles. The molecule has 0 saturated carbocycles. The zero-order valence-corrected chi connectivity index (χ0v) is 5.48. The smallest absolute Gasteiger partial charge is 0.247 e. The van der Waals surface area contributed by atoms with Crippen LogP contribution in [0.3, 0.4) is 0 Å². The molecule has 0 unspecified atom stereocenters. The Morgan fingerprint density at radius 1 is 1.40 bits per heavy atom. The van der Waals surface area contributed by atoms with Crippen LogP contribution in [0.4, 0.5) is 0 Å². The summed E-state index contributed by atoms with van der Waals surface area (Å²) in [6.45, 7) is 0.795. The van der Waals surface area contributed by atoms with Gasteiger partial charge in [-0.05, 0) is 6.92 Å². The maximum atomic E-state index is 9.01. The summed E-state index contributed by atoms with van der Waals surface area (Å²) in [6, 6.07) is 0. The summed E-state index contributed by atoms with van der Waals surface area (Å²) in [5.41, 5.74) is 0. The van der Waals surface area contributed by atoms with Crippen molar-refractivity contribution in [3.05, 3.63) is 0 Å². The van der Waals surface area contributed by atoms with Crippen LogP contribution < -0.4 is 0 Å². The summed E-state index contributed by atoms with van der Waals surface area (Å²) in [6.07, 6.45) is -1.46. The van der Waals surface area contributed by atoms with E-state index in [0.29, 0.717) is 0 Å². The summed E-state index contributed by atoms with van der Waals surface area (Å²) in [4.78, 5) is 0. The van der Waals surface area contributed by atoms with E-state index in [-0.39, 0.29) is 6.61 Å². The van der Waals surface area contributed by atoms with Crippen molar-refractivity contribution in [2.45, 2.75) is 24.6 Å². The fourth-order valence-electron chi connectivity index (χ4n) is 0.773. The summed E-state index contributed by atoms with van der Waals surface area (Å²) in [5.74, 6) is -4.64. The van der Waals surface area contributed by atoms with Crippen molar-refractivity contribution in [2.75, 3.05) is 6.61 Å². The molecule has 5 nitrogen and oxygen atoms in total. The van der Waals surface area contributed by atoms with E-state index < -0.39 is 17.7 Å². The van der Waals surface area contributed by atoms with E-state index in [9.17, 15) is 0 Å². The molecule has 1 saturated heterocycles. The Bertz CT molecular complexity index is 141. The largest absolute Gasteiger partial charge is 0.385 e. The van der Waals surface area contributed by atoms with Gasteiger partial charge in [0.05, 0.1) is 6.61 Å². The quantitative estimate of drug-likeness (QED) is 0.293. The van der Waals surface area contributed by atoms with Gasteiger partial charge < -0.3 is 25.2 Å². The van der Waals surface area contributed by atoms with Crippen molar-refractivity contribution < 1.29 is 25.2 Å². The van der Waals surface area contributed by atoms with Crippen LogP contribution in [0.25, 0.3) is 0 Å². The number of aliphatic hydroxyl groups excluding tert-OH is 1. The molecule has 2 atom stereocenters. The first-order chi connectivity index (χ1) is 4.38. The van der Waals surface area contributed by atoms with Gasteiger partial charge in [-0.1, -0.05) is 0 Å². The van der Waals surface area contributed by atoms with Gasteiger partial charge in [0.1, 0.15) is 6.10 Å². The highest BCUT2D eigenvalue weighted by atomic mass is 16.7. The van der Waals surface area contributed by atoms with Gasteiger partial charge in [0, 0.05) is 0 Å². The molecule has 4 N–H and O–H groups in total. The van der Waals surface area contributed by atoms with Crippen molar-refractivity contribution in [3.63, 3.8) is 0 Å². The number of rotatable bonds is 0. The fraction of sp³-hybridized carbons (Fsp3) is 1.00. The van der Waals surface area contributed by atoms with Gasteiger partial charge in [0.15, 0.2) is 0 Å². The van der Waals surface area contributed by atoms with E-state index >= 15 is 0 Å². The fourth-order valence-corrected chi connectivity index (χ4v) is 0.773. The average molecular weight is 150 g/mol. The predicted molar refractivity (Wildman–Crippen MR) is 29.8 cm³/mol. The normalized spacial score (nSPS) is 45.9. The molecule has 1 heterocycles. The molecule has 60 valence electrons. The molecular weight excluding hydrogens is 140 g/mol.